The second kappa shape index (κ2) is 4.97. The highest BCUT2D eigenvalue weighted by Crippen LogP contribution is 2.25. The molecule has 0 saturated carbocycles. The molecule has 1 rings (SSSR count). The van der Waals surface area contributed by atoms with Gasteiger partial charge in [0.1, 0.15) is 0 Å². The molecule has 0 bridgehead atoms. The molecule has 2 atom stereocenters. The smallest absolute Gasteiger partial charge is 0.342 e. The van der Waals surface area contributed by atoms with Crippen molar-refractivity contribution in [3.8, 4) is 0 Å². The summed E-state index contributed by atoms with van der Waals surface area (Å²) in [4.78, 5) is 22.2. The van der Waals surface area contributed by atoms with Gasteiger partial charge in [0.2, 0.25) is 11.5 Å². The van der Waals surface area contributed by atoms with Crippen LogP contribution in [0.5, 0.6) is 0 Å². The van der Waals surface area contributed by atoms with Gasteiger partial charge in [-0.1, -0.05) is 30.3 Å². The number of rotatable bonds is 4. The molecule has 92 valence electrons. The van der Waals surface area contributed by atoms with Gasteiger partial charge in [-0.2, -0.15) is 0 Å². The third kappa shape index (κ3) is 2.62. The zero-order chi connectivity index (χ0) is 13.1. The van der Waals surface area contributed by atoms with E-state index in [1.54, 1.807) is 18.2 Å². The number of benzene rings is 1. The van der Waals surface area contributed by atoms with E-state index in [2.05, 4.69) is 5.32 Å². The quantitative estimate of drug-likeness (QED) is 0.711. The fourth-order valence-corrected chi connectivity index (χ4v) is 1.66. The molecule has 0 radical (unpaired) electrons. The van der Waals surface area contributed by atoms with Gasteiger partial charge in [-0.05, 0) is 12.5 Å². The predicted octanol–water partition coefficient (Wildman–Crippen LogP) is 0.483. The highest BCUT2D eigenvalue weighted by Gasteiger charge is 2.44. The second-order valence-corrected chi connectivity index (χ2v) is 3.86. The minimum absolute atomic E-state index is 0.230. The van der Waals surface area contributed by atoms with Crippen molar-refractivity contribution in [1.29, 1.82) is 0 Å². The van der Waals surface area contributed by atoms with Crippen molar-refractivity contribution in [2.75, 3.05) is 0 Å². The second-order valence-electron chi connectivity index (χ2n) is 3.86. The van der Waals surface area contributed by atoms with Crippen LogP contribution in [0.3, 0.4) is 0 Å². The molecular formula is C12H15NO4. The van der Waals surface area contributed by atoms with Gasteiger partial charge in [-0.3, -0.25) is 4.79 Å². The van der Waals surface area contributed by atoms with Gasteiger partial charge in [0.15, 0.2) is 0 Å². The molecule has 0 saturated heterocycles. The van der Waals surface area contributed by atoms with E-state index in [4.69, 9.17) is 5.11 Å². The Hall–Kier alpha value is -1.88. The van der Waals surface area contributed by atoms with E-state index in [1.165, 1.54) is 26.0 Å². The Bertz CT molecular complexity index is 418. The molecule has 1 amide bonds. The van der Waals surface area contributed by atoms with Crippen LogP contribution in [0, 0.1) is 0 Å². The third-order valence-electron chi connectivity index (χ3n) is 2.59. The maximum absolute atomic E-state index is 11.2. The van der Waals surface area contributed by atoms with Crippen LogP contribution in [0.1, 0.15) is 19.4 Å². The first-order chi connectivity index (χ1) is 7.89. The van der Waals surface area contributed by atoms with Gasteiger partial charge < -0.3 is 15.5 Å². The van der Waals surface area contributed by atoms with E-state index in [0.29, 0.717) is 0 Å². The fraction of sp³-hybridized carbons (Fsp3) is 0.333. The van der Waals surface area contributed by atoms with Crippen molar-refractivity contribution >= 4 is 11.9 Å². The molecule has 0 aliphatic heterocycles. The van der Waals surface area contributed by atoms with Crippen molar-refractivity contribution in [2.24, 2.45) is 0 Å². The minimum Gasteiger partial charge on any atom is -0.479 e. The number of hydrogen-bond acceptors (Lipinski definition) is 3. The van der Waals surface area contributed by atoms with Crippen LogP contribution in [-0.2, 0) is 15.2 Å². The molecule has 5 nitrogen and oxygen atoms in total. The summed E-state index contributed by atoms with van der Waals surface area (Å²) < 4.78 is 0. The molecule has 0 aromatic heterocycles. The Morgan fingerprint density at radius 3 is 2.24 bits per heavy atom. The van der Waals surface area contributed by atoms with Crippen LogP contribution in [0.25, 0.3) is 0 Å². The first-order valence-corrected chi connectivity index (χ1v) is 5.17. The number of carbonyl (C=O) groups is 2. The summed E-state index contributed by atoms with van der Waals surface area (Å²) in [6, 6.07) is 7.06. The van der Waals surface area contributed by atoms with E-state index in [0.717, 1.165) is 0 Å². The Morgan fingerprint density at radius 1 is 1.29 bits per heavy atom. The molecule has 1 aromatic carbocycles. The summed E-state index contributed by atoms with van der Waals surface area (Å²) in [5.41, 5.74) is -1.90. The lowest BCUT2D eigenvalue weighted by atomic mass is 9.87. The zero-order valence-corrected chi connectivity index (χ0v) is 9.68. The van der Waals surface area contributed by atoms with Gasteiger partial charge in [0, 0.05) is 6.92 Å². The van der Waals surface area contributed by atoms with Crippen LogP contribution >= 0.6 is 0 Å². The highest BCUT2D eigenvalue weighted by molar-refractivity contribution is 5.82. The third-order valence-corrected chi connectivity index (χ3v) is 2.59. The van der Waals surface area contributed by atoms with Crippen LogP contribution in [0.4, 0.5) is 0 Å². The maximum Gasteiger partial charge on any atom is 0.342 e. The van der Waals surface area contributed by atoms with E-state index in [1.807, 2.05) is 0 Å². The normalized spacial score (nSPS) is 15.7. The van der Waals surface area contributed by atoms with Crippen LogP contribution in [-0.4, -0.2) is 28.1 Å². The number of hydrogen-bond donors (Lipinski definition) is 3. The van der Waals surface area contributed by atoms with Crippen molar-refractivity contribution < 1.29 is 19.8 Å². The van der Waals surface area contributed by atoms with Gasteiger partial charge in [-0.25, -0.2) is 4.79 Å². The van der Waals surface area contributed by atoms with Gasteiger partial charge >= 0.3 is 5.97 Å². The summed E-state index contributed by atoms with van der Waals surface area (Å²) in [6.07, 6.45) is 0. The Labute approximate surface area is 99.1 Å². The first kappa shape index (κ1) is 13.2. The lowest BCUT2D eigenvalue weighted by molar-refractivity contribution is -0.163. The van der Waals surface area contributed by atoms with Gasteiger partial charge in [0.05, 0.1) is 6.04 Å². The van der Waals surface area contributed by atoms with Crippen LogP contribution in [0.15, 0.2) is 30.3 Å². The van der Waals surface area contributed by atoms with E-state index >= 15 is 0 Å². The van der Waals surface area contributed by atoms with Crippen molar-refractivity contribution in [3.63, 3.8) is 0 Å². The summed E-state index contributed by atoms with van der Waals surface area (Å²) in [6.45, 7) is 2.71. The summed E-state index contributed by atoms with van der Waals surface area (Å²) in [5, 5.41) is 21.8. The monoisotopic (exact) mass is 237 g/mol. The topological polar surface area (TPSA) is 86.6 Å². The molecule has 5 heteroatoms. The molecule has 0 aliphatic rings. The SMILES string of the molecule is CC(=O)N[C@H](C)[C@](O)(C(=O)O)c1ccccc1. The molecule has 3 N–H and O–H groups in total. The molecular weight excluding hydrogens is 222 g/mol. The summed E-state index contributed by atoms with van der Waals surface area (Å²) in [7, 11) is 0. The van der Waals surface area contributed by atoms with E-state index in [9.17, 15) is 14.7 Å². The molecule has 0 heterocycles. The van der Waals surface area contributed by atoms with Gasteiger partial charge in [-0.15, -0.1) is 0 Å². The fourth-order valence-electron chi connectivity index (χ4n) is 1.66. The number of aliphatic hydroxyl groups is 1. The molecule has 1 aromatic rings. The van der Waals surface area contributed by atoms with E-state index in [-0.39, 0.29) is 5.56 Å². The number of carboxylic acid groups (broad SMARTS) is 1. The highest BCUT2D eigenvalue weighted by atomic mass is 16.4. The van der Waals surface area contributed by atoms with Crippen LogP contribution in [0.2, 0.25) is 0 Å². The van der Waals surface area contributed by atoms with Crippen molar-refractivity contribution in [2.45, 2.75) is 25.5 Å². The number of carboxylic acids is 1. The molecule has 0 fully saturated rings. The predicted molar refractivity (Wildman–Crippen MR) is 61.3 cm³/mol. The average Bonchev–Trinajstić information content (AvgIpc) is 2.27. The van der Waals surface area contributed by atoms with Crippen LogP contribution < -0.4 is 5.32 Å². The van der Waals surface area contributed by atoms with Crippen molar-refractivity contribution in [1.82, 2.24) is 5.32 Å². The lowest BCUT2D eigenvalue weighted by Gasteiger charge is -2.30. The zero-order valence-electron chi connectivity index (χ0n) is 9.68. The Kier molecular flexibility index (Phi) is 3.85. The number of carbonyl (C=O) groups excluding carboxylic acids is 1. The number of amides is 1. The lowest BCUT2D eigenvalue weighted by Crippen LogP contribution is -2.53. The molecule has 0 unspecified atom stereocenters. The Balaban J connectivity index is 3.14. The molecule has 17 heavy (non-hydrogen) atoms. The van der Waals surface area contributed by atoms with Crippen molar-refractivity contribution in [3.05, 3.63) is 35.9 Å². The van der Waals surface area contributed by atoms with Gasteiger partial charge in [0.25, 0.3) is 0 Å². The average molecular weight is 237 g/mol. The minimum atomic E-state index is -2.13. The Morgan fingerprint density at radius 2 is 1.82 bits per heavy atom. The van der Waals surface area contributed by atoms with E-state index < -0.39 is 23.5 Å². The maximum atomic E-state index is 11.2. The first-order valence-electron chi connectivity index (χ1n) is 5.17. The standard InChI is InChI=1S/C12H15NO4/c1-8(13-9(2)14)12(17,11(15)16)10-6-4-3-5-7-10/h3-8,17H,1-2H3,(H,13,14)(H,15,16)/t8-,12-/m1/s1. The largest absolute Gasteiger partial charge is 0.479 e. The number of aliphatic carboxylic acids is 1. The number of nitrogens with one attached hydrogen (secondary N) is 1. The summed E-state index contributed by atoms with van der Waals surface area (Å²) >= 11 is 0. The summed E-state index contributed by atoms with van der Waals surface area (Å²) in [5.74, 6) is -1.79. The molecule has 0 aliphatic carbocycles. The molecule has 0 spiro atoms.